The Morgan fingerprint density at radius 3 is 2.07 bits per heavy atom. The molecule has 0 amide bonds. The monoisotopic (exact) mass is 609 g/mol. The molecule has 3 heterocycles. The molecule has 0 aliphatic carbocycles. The van der Waals surface area contributed by atoms with Crippen LogP contribution in [0, 0.1) is 0 Å². The van der Waals surface area contributed by atoms with Crippen molar-refractivity contribution in [1.82, 2.24) is 15.6 Å². The number of H-pyrrole nitrogens is 1. The average molecular weight is 610 g/mol. The van der Waals surface area contributed by atoms with Crippen LogP contribution in [0.15, 0.2) is 65.6 Å². The van der Waals surface area contributed by atoms with Gasteiger partial charge in [-0.1, -0.05) is 37.6 Å². The molecule has 3 atom stereocenters. The van der Waals surface area contributed by atoms with Crippen molar-refractivity contribution in [2.45, 2.75) is 41.8 Å². The lowest BCUT2D eigenvalue weighted by Crippen LogP contribution is -2.55. The number of methoxy groups -OCH3 is 3. The summed E-state index contributed by atoms with van der Waals surface area (Å²) in [5, 5.41) is 8.39. The van der Waals surface area contributed by atoms with Crippen molar-refractivity contribution in [3.63, 3.8) is 0 Å². The third-order valence-electron chi connectivity index (χ3n) is 8.48. The van der Waals surface area contributed by atoms with E-state index in [4.69, 9.17) is 14.2 Å². The van der Waals surface area contributed by atoms with E-state index in [1.54, 1.807) is 21.3 Å². The standard InChI is InChI=1S/C30H32F5N3O3S/c1-39-20-7-10-22-23-12-13-36-30(29(23)38-24(22)15-20)16-25(18-4-8-21(9-5-18)42(31,32,33,34)35)37-26(17-30)19-6-11-27(40-2)28(14-19)41-3/h4-11,14-15,25-26,36-38H,12-13,16-17H2,1-3H3/t25-,26+,30+/m1/s1. The number of hydrogen-bond acceptors (Lipinski definition) is 5. The number of piperidine rings is 1. The molecule has 2 aliphatic rings. The maximum Gasteiger partial charge on any atom is 0.310 e. The van der Waals surface area contributed by atoms with E-state index < -0.39 is 26.7 Å². The van der Waals surface area contributed by atoms with Crippen LogP contribution in [0.4, 0.5) is 19.4 Å². The number of rotatable bonds is 6. The minimum atomic E-state index is -9.80. The Labute approximate surface area is 240 Å². The first-order valence-corrected chi connectivity index (χ1v) is 15.4. The lowest BCUT2D eigenvalue weighted by Gasteiger charge is -2.48. The van der Waals surface area contributed by atoms with Crippen LogP contribution in [0.5, 0.6) is 17.2 Å². The van der Waals surface area contributed by atoms with Gasteiger partial charge < -0.3 is 29.8 Å². The Bertz CT molecular complexity index is 1660. The van der Waals surface area contributed by atoms with Gasteiger partial charge in [-0.05, 0) is 72.4 Å². The van der Waals surface area contributed by atoms with Gasteiger partial charge in [-0.3, -0.25) is 0 Å². The summed E-state index contributed by atoms with van der Waals surface area (Å²) in [4.78, 5) is 1.72. The second-order valence-electron chi connectivity index (χ2n) is 11.0. The molecule has 2 aliphatic heterocycles. The quantitative estimate of drug-likeness (QED) is 0.193. The molecule has 1 saturated heterocycles. The molecule has 226 valence electrons. The van der Waals surface area contributed by atoms with Gasteiger partial charge in [-0.15, -0.1) is 0 Å². The maximum atomic E-state index is 13.5. The first kappa shape index (κ1) is 28.6. The summed E-state index contributed by atoms with van der Waals surface area (Å²) in [6, 6.07) is 14.1. The molecular formula is C30H32F5N3O3S. The Balaban J connectivity index is 1.46. The summed E-state index contributed by atoms with van der Waals surface area (Å²) >= 11 is 0. The maximum absolute atomic E-state index is 13.5. The molecule has 1 spiro atoms. The predicted molar refractivity (Wildman–Crippen MR) is 153 cm³/mol. The zero-order valence-electron chi connectivity index (χ0n) is 23.3. The smallest absolute Gasteiger partial charge is 0.310 e. The zero-order valence-corrected chi connectivity index (χ0v) is 24.1. The molecule has 1 fully saturated rings. The number of hydrogen-bond donors (Lipinski definition) is 3. The summed E-state index contributed by atoms with van der Waals surface area (Å²) in [5.74, 6) is 1.83. The summed E-state index contributed by atoms with van der Waals surface area (Å²) in [6.45, 7) is 0.695. The highest BCUT2D eigenvalue weighted by Gasteiger charge is 2.65. The van der Waals surface area contributed by atoms with Gasteiger partial charge >= 0.3 is 10.2 Å². The molecule has 6 nitrogen and oxygen atoms in total. The summed E-state index contributed by atoms with van der Waals surface area (Å²) in [5.41, 5.74) is 3.91. The third-order valence-corrected chi connectivity index (χ3v) is 9.64. The van der Waals surface area contributed by atoms with E-state index in [1.165, 1.54) is 5.56 Å². The minimum absolute atomic E-state index is 0.266. The lowest BCUT2D eigenvalue weighted by atomic mass is 9.72. The van der Waals surface area contributed by atoms with Gasteiger partial charge in [0.05, 0.1) is 26.9 Å². The van der Waals surface area contributed by atoms with Crippen LogP contribution in [0.25, 0.3) is 10.9 Å². The van der Waals surface area contributed by atoms with E-state index in [0.29, 0.717) is 48.6 Å². The number of fused-ring (bicyclic) bond motifs is 4. The Morgan fingerprint density at radius 2 is 1.43 bits per heavy atom. The van der Waals surface area contributed by atoms with Crippen LogP contribution in [-0.4, -0.2) is 32.9 Å². The lowest BCUT2D eigenvalue weighted by molar-refractivity contribution is 0.152. The molecule has 0 bridgehead atoms. The number of benzene rings is 3. The van der Waals surface area contributed by atoms with Crippen LogP contribution in [0.2, 0.25) is 0 Å². The van der Waals surface area contributed by atoms with Crippen molar-refractivity contribution in [2.75, 3.05) is 27.9 Å². The molecule has 1 aromatic heterocycles. The van der Waals surface area contributed by atoms with Crippen LogP contribution >= 0.6 is 10.2 Å². The Hall–Kier alpha value is -3.48. The Kier molecular flexibility index (Phi) is 6.31. The van der Waals surface area contributed by atoms with Gasteiger partial charge in [0.25, 0.3) is 0 Å². The summed E-state index contributed by atoms with van der Waals surface area (Å²) < 4.78 is 83.8. The van der Waals surface area contributed by atoms with Gasteiger partial charge in [0.2, 0.25) is 0 Å². The van der Waals surface area contributed by atoms with E-state index in [-0.39, 0.29) is 6.04 Å². The molecule has 3 N–H and O–H groups in total. The van der Waals surface area contributed by atoms with Crippen LogP contribution in [0.3, 0.4) is 0 Å². The molecule has 6 rings (SSSR count). The number of aromatic nitrogens is 1. The largest absolute Gasteiger partial charge is 0.497 e. The zero-order chi connectivity index (χ0) is 30.0. The van der Waals surface area contributed by atoms with E-state index >= 15 is 0 Å². The second-order valence-corrected chi connectivity index (χ2v) is 13.4. The SMILES string of the molecule is COc1ccc2c3c([nH]c2c1)[C@]1(C[C@@H](c2ccc(OC)c(OC)c2)N[C@@H](c2ccc(S(F)(F)(F)(F)F)cc2)C1)NCC3. The highest BCUT2D eigenvalue weighted by molar-refractivity contribution is 8.45. The van der Waals surface area contributed by atoms with Crippen molar-refractivity contribution in [2.24, 2.45) is 0 Å². The molecule has 3 aromatic carbocycles. The molecule has 4 aromatic rings. The molecule has 12 heteroatoms. The van der Waals surface area contributed by atoms with Crippen LogP contribution in [-0.2, 0) is 12.0 Å². The van der Waals surface area contributed by atoms with Gasteiger partial charge in [0.15, 0.2) is 11.5 Å². The van der Waals surface area contributed by atoms with Crippen LogP contribution in [0.1, 0.15) is 47.3 Å². The number of ether oxygens (including phenoxy) is 3. The molecule has 42 heavy (non-hydrogen) atoms. The molecular weight excluding hydrogens is 577 g/mol. The third kappa shape index (κ3) is 5.05. The number of nitrogens with one attached hydrogen (secondary N) is 3. The first-order valence-electron chi connectivity index (χ1n) is 13.5. The second kappa shape index (κ2) is 9.26. The Morgan fingerprint density at radius 1 is 0.762 bits per heavy atom. The summed E-state index contributed by atoms with van der Waals surface area (Å²) in [7, 11) is -5.08. The first-order chi connectivity index (χ1) is 19.7. The van der Waals surface area contributed by atoms with Crippen molar-refractivity contribution in [1.29, 1.82) is 0 Å². The van der Waals surface area contributed by atoms with Crippen LogP contribution < -0.4 is 24.8 Å². The van der Waals surface area contributed by atoms with Crippen molar-refractivity contribution in [3.8, 4) is 17.2 Å². The fraction of sp³-hybridized carbons (Fsp3) is 0.333. The minimum Gasteiger partial charge on any atom is -0.497 e. The highest BCUT2D eigenvalue weighted by Crippen LogP contribution is 3.02. The van der Waals surface area contributed by atoms with E-state index in [2.05, 4.69) is 15.6 Å². The molecule has 0 saturated carbocycles. The van der Waals surface area contributed by atoms with E-state index in [0.717, 1.165) is 46.5 Å². The van der Waals surface area contributed by atoms with Crippen molar-refractivity contribution >= 4 is 21.1 Å². The number of halogens is 5. The molecule has 0 radical (unpaired) electrons. The highest BCUT2D eigenvalue weighted by atomic mass is 32.5. The van der Waals surface area contributed by atoms with Gasteiger partial charge in [0, 0.05) is 41.3 Å². The van der Waals surface area contributed by atoms with Gasteiger partial charge in [-0.25, -0.2) is 0 Å². The van der Waals surface area contributed by atoms with Crippen molar-refractivity contribution < 1.29 is 33.6 Å². The molecule has 0 unspecified atom stereocenters. The summed E-state index contributed by atoms with van der Waals surface area (Å²) in [6.07, 6.45) is 1.88. The fourth-order valence-corrected chi connectivity index (χ4v) is 7.14. The fourth-order valence-electron chi connectivity index (χ4n) is 6.49. The van der Waals surface area contributed by atoms with E-state index in [1.807, 2.05) is 36.4 Å². The topological polar surface area (TPSA) is 67.5 Å². The van der Waals surface area contributed by atoms with E-state index in [9.17, 15) is 19.4 Å². The van der Waals surface area contributed by atoms with Gasteiger partial charge in [-0.2, -0.15) is 0 Å². The van der Waals surface area contributed by atoms with Crippen molar-refractivity contribution in [3.05, 3.63) is 83.0 Å². The predicted octanol–water partition coefficient (Wildman–Crippen LogP) is 8.06. The average Bonchev–Trinajstić information content (AvgIpc) is 3.35. The van der Waals surface area contributed by atoms with Gasteiger partial charge in [0.1, 0.15) is 10.6 Å². The normalized spacial score (nSPS) is 24.1. The number of aromatic amines is 1.